The number of nitrogens with zero attached hydrogens (tertiary/aromatic N) is 1. The lowest BCUT2D eigenvalue weighted by molar-refractivity contribution is -0.137. The van der Waals surface area contributed by atoms with Crippen LogP contribution in [-0.2, 0) is 11.0 Å². The second kappa shape index (κ2) is 6.64. The van der Waals surface area contributed by atoms with Crippen molar-refractivity contribution in [1.82, 2.24) is 9.97 Å². The third-order valence-electron chi connectivity index (χ3n) is 3.29. The summed E-state index contributed by atoms with van der Waals surface area (Å²) < 4.78 is 42.6. The van der Waals surface area contributed by atoms with Crippen molar-refractivity contribution in [2.24, 2.45) is 0 Å². The Balaban J connectivity index is 1.58. The van der Waals surface area contributed by atoms with Crippen LogP contribution in [0.25, 0.3) is 11.0 Å². The van der Waals surface area contributed by atoms with E-state index in [1.54, 1.807) is 18.2 Å². The Labute approximate surface area is 144 Å². The predicted octanol–water partition coefficient (Wildman–Crippen LogP) is 4.25. The fraction of sp³-hybridized carbons (Fsp3) is 0.125. The van der Waals surface area contributed by atoms with Crippen LogP contribution in [0.15, 0.2) is 42.5 Å². The number of rotatable bonds is 4. The van der Waals surface area contributed by atoms with Crippen LogP contribution in [0.2, 0.25) is 5.28 Å². The topological polar surface area (TPSA) is 67.0 Å². The molecule has 130 valence electrons. The zero-order valence-electron chi connectivity index (χ0n) is 12.5. The number of nitrogens with one attached hydrogen (secondary N) is 2. The number of amides is 1. The van der Waals surface area contributed by atoms with Gasteiger partial charge in [-0.15, -0.1) is 0 Å². The number of aromatic amines is 1. The van der Waals surface area contributed by atoms with E-state index in [4.69, 9.17) is 16.3 Å². The maximum Gasteiger partial charge on any atom is 0.416 e. The van der Waals surface area contributed by atoms with Gasteiger partial charge in [-0.3, -0.25) is 4.79 Å². The summed E-state index contributed by atoms with van der Waals surface area (Å²) in [5.74, 6) is -0.288. The van der Waals surface area contributed by atoms with Crippen LogP contribution in [0.5, 0.6) is 5.75 Å². The molecule has 3 aromatic rings. The third-order valence-corrected chi connectivity index (χ3v) is 3.47. The summed E-state index contributed by atoms with van der Waals surface area (Å²) >= 11 is 5.75. The van der Waals surface area contributed by atoms with E-state index >= 15 is 0 Å². The molecule has 0 saturated heterocycles. The van der Waals surface area contributed by atoms with Crippen molar-refractivity contribution in [3.8, 4) is 5.75 Å². The molecule has 0 aliphatic heterocycles. The summed E-state index contributed by atoms with van der Waals surface area (Å²) in [6.07, 6.45) is -4.41. The van der Waals surface area contributed by atoms with Gasteiger partial charge in [-0.25, -0.2) is 4.98 Å². The predicted molar refractivity (Wildman–Crippen MR) is 86.7 cm³/mol. The summed E-state index contributed by atoms with van der Waals surface area (Å²) in [6, 6.07) is 9.10. The molecule has 3 rings (SSSR count). The zero-order chi connectivity index (χ0) is 18.0. The number of benzene rings is 2. The number of hydrogen-bond acceptors (Lipinski definition) is 3. The highest BCUT2D eigenvalue weighted by Gasteiger charge is 2.30. The second-order valence-corrected chi connectivity index (χ2v) is 5.48. The van der Waals surface area contributed by atoms with E-state index in [1.807, 2.05) is 0 Å². The average Bonchev–Trinajstić information content (AvgIpc) is 2.92. The van der Waals surface area contributed by atoms with Crippen molar-refractivity contribution in [3.63, 3.8) is 0 Å². The number of aromatic nitrogens is 2. The van der Waals surface area contributed by atoms with Crippen LogP contribution in [0, 0.1) is 0 Å². The average molecular weight is 370 g/mol. The van der Waals surface area contributed by atoms with Crippen molar-refractivity contribution in [2.45, 2.75) is 6.18 Å². The fourth-order valence-corrected chi connectivity index (χ4v) is 2.34. The SMILES string of the molecule is O=C(COc1ccc(C(F)(F)F)cc1)Nc1ccc2nc(Cl)[nH]c2c1. The molecule has 25 heavy (non-hydrogen) atoms. The Bertz CT molecular complexity index is 907. The van der Waals surface area contributed by atoms with Crippen molar-refractivity contribution < 1.29 is 22.7 Å². The lowest BCUT2D eigenvalue weighted by atomic mass is 10.2. The number of carbonyl (C=O) groups is 1. The molecular weight excluding hydrogens is 359 g/mol. The van der Waals surface area contributed by atoms with Gasteiger partial charge in [-0.2, -0.15) is 13.2 Å². The molecule has 9 heteroatoms. The van der Waals surface area contributed by atoms with E-state index in [-0.39, 0.29) is 17.6 Å². The Hall–Kier alpha value is -2.74. The van der Waals surface area contributed by atoms with Crippen molar-refractivity contribution in [2.75, 3.05) is 11.9 Å². The van der Waals surface area contributed by atoms with Gasteiger partial charge in [0, 0.05) is 5.69 Å². The van der Waals surface area contributed by atoms with Crippen molar-refractivity contribution in [3.05, 3.63) is 53.3 Å². The van der Waals surface area contributed by atoms with Crippen molar-refractivity contribution in [1.29, 1.82) is 0 Å². The molecule has 0 radical (unpaired) electrons. The monoisotopic (exact) mass is 369 g/mol. The van der Waals surface area contributed by atoms with E-state index in [9.17, 15) is 18.0 Å². The van der Waals surface area contributed by atoms with E-state index in [1.165, 1.54) is 0 Å². The summed E-state index contributed by atoms with van der Waals surface area (Å²) in [5.41, 5.74) is 1.04. The molecule has 0 spiro atoms. The smallest absolute Gasteiger partial charge is 0.416 e. The Morgan fingerprint density at radius 2 is 1.92 bits per heavy atom. The van der Waals surface area contributed by atoms with Gasteiger partial charge >= 0.3 is 6.18 Å². The first kappa shape index (κ1) is 17.1. The zero-order valence-corrected chi connectivity index (χ0v) is 13.3. The number of ether oxygens (including phenoxy) is 1. The van der Waals surface area contributed by atoms with Crippen LogP contribution < -0.4 is 10.1 Å². The molecule has 1 aromatic heterocycles. The minimum Gasteiger partial charge on any atom is -0.484 e. The Kier molecular flexibility index (Phi) is 4.54. The number of alkyl halides is 3. The highest BCUT2D eigenvalue weighted by Crippen LogP contribution is 2.30. The quantitative estimate of drug-likeness (QED) is 0.722. The number of halogens is 4. The van der Waals surface area contributed by atoms with Gasteiger partial charge in [0.1, 0.15) is 5.75 Å². The van der Waals surface area contributed by atoms with Gasteiger partial charge in [0.25, 0.3) is 5.91 Å². The highest BCUT2D eigenvalue weighted by atomic mass is 35.5. The van der Waals surface area contributed by atoms with E-state index in [2.05, 4.69) is 15.3 Å². The summed E-state index contributed by atoms with van der Waals surface area (Å²) in [7, 11) is 0. The van der Waals surface area contributed by atoms with Gasteiger partial charge in [-0.1, -0.05) is 0 Å². The van der Waals surface area contributed by atoms with Gasteiger partial charge in [0.05, 0.1) is 16.6 Å². The van der Waals surface area contributed by atoms with Crippen molar-refractivity contribution >= 4 is 34.2 Å². The molecule has 0 bridgehead atoms. The molecule has 0 fully saturated rings. The molecule has 0 atom stereocenters. The number of fused-ring (bicyclic) bond motifs is 1. The van der Waals surface area contributed by atoms with Gasteiger partial charge in [0.2, 0.25) is 5.28 Å². The van der Waals surface area contributed by atoms with Crippen LogP contribution in [0.4, 0.5) is 18.9 Å². The van der Waals surface area contributed by atoms with Gasteiger partial charge in [0.15, 0.2) is 6.61 Å². The minimum atomic E-state index is -4.41. The number of imidazole rings is 1. The first-order valence-corrected chi connectivity index (χ1v) is 7.44. The molecule has 0 aliphatic rings. The Morgan fingerprint density at radius 3 is 2.60 bits per heavy atom. The lowest BCUT2D eigenvalue weighted by Crippen LogP contribution is -2.20. The molecule has 2 aromatic carbocycles. The van der Waals surface area contributed by atoms with Crippen LogP contribution >= 0.6 is 11.6 Å². The summed E-state index contributed by atoms with van der Waals surface area (Å²) in [4.78, 5) is 18.7. The third kappa shape index (κ3) is 4.21. The molecule has 5 nitrogen and oxygen atoms in total. The molecule has 1 heterocycles. The van der Waals surface area contributed by atoms with E-state index in [0.29, 0.717) is 16.7 Å². The molecule has 2 N–H and O–H groups in total. The number of H-pyrrole nitrogens is 1. The largest absolute Gasteiger partial charge is 0.484 e. The van der Waals surface area contributed by atoms with E-state index < -0.39 is 17.6 Å². The maximum absolute atomic E-state index is 12.5. The maximum atomic E-state index is 12.5. The summed E-state index contributed by atoms with van der Waals surface area (Å²) in [6.45, 7) is -0.340. The second-order valence-electron chi connectivity index (χ2n) is 5.12. The first-order chi connectivity index (χ1) is 11.8. The number of carbonyl (C=O) groups excluding carboxylic acids is 1. The van der Waals surface area contributed by atoms with Crippen LogP contribution in [-0.4, -0.2) is 22.5 Å². The minimum absolute atomic E-state index is 0.166. The lowest BCUT2D eigenvalue weighted by Gasteiger charge is -2.09. The highest BCUT2D eigenvalue weighted by molar-refractivity contribution is 6.29. The first-order valence-electron chi connectivity index (χ1n) is 7.06. The fourth-order valence-electron chi connectivity index (χ4n) is 2.14. The van der Waals surface area contributed by atoms with Gasteiger partial charge < -0.3 is 15.0 Å². The van der Waals surface area contributed by atoms with E-state index in [0.717, 1.165) is 24.3 Å². The molecule has 0 saturated carbocycles. The molecule has 0 aliphatic carbocycles. The Morgan fingerprint density at radius 1 is 1.20 bits per heavy atom. The normalized spacial score (nSPS) is 11.5. The molecular formula is C16H11ClF3N3O2. The van der Waals surface area contributed by atoms with Gasteiger partial charge in [-0.05, 0) is 54.1 Å². The van der Waals surface area contributed by atoms with Crippen LogP contribution in [0.1, 0.15) is 5.56 Å². The number of anilines is 1. The number of hydrogen-bond donors (Lipinski definition) is 2. The standard InChI is InChI=1S/C16H11ClF3N3O2/c17-15-22-12-6-3-10(7-13(12)23-15)21-14(24)8-25-11-4-1-9(2-5-11)16(18,19)20/h1-7H,8H2,(H,21,24)(H,22,23). The summed E-state index contributed by atoms with van der Waals surface area (Å²) in [5, 5.41) is 2.85. The molecule has 0 unspecified atom stereocenters. The van der Waals surface area contributed by atoms with Crippen LogP contribution in [0.3, 0.4) is 0 Å². The molecule has 1 amide bonds.